The van der Waals surface area contributed by atoms with Crippen molar-refractivity contribution >= 4 is 23.2 Å². The average molecular weight is 287 g/mol. The summed E-state index contributed by atoms with van der Waals surface area (Å²) in [6.45, 7) is 4.02. The molecule has 0 radical (unpaired) electrons. The quantitative estimate of drug-likeness (QED) is 0.758. The zero-order valence-corrected chi connectivity index (χ0v) is 11.6. The van der Waals surface area contributed by atoms with Gasteiger partial charge in [0.05, 0.1) is 22.8 Å². The van der Waals surface area contributed by atoms with Crippen molar-refractivity contribution in [1.82, 2.24) is 9.78 Å². The van der Waals surface area contributed by atoms with Gasteiger partial charge in [-0.2, -0.15) is 5.10 Å². The van der Waals surface area contributed by atoms with E-state index in [-0.39, 0.29) is 11.6 Å². The molecule has 0 saturated carbocycles. The largest absolute Gasteiger partial charge is 0.233 e. The van der Waals surface area contributed by atoms with Crippen molar-refractivity contribution in [3.63, 3.8) is 0 Å². The Hall–Kier alpha value is -1.06. The summed E-state index contributed by atoms with van der Waals surface area (Å²) in [4.78, 5) is 0. The highest BCUT2D eigenvalue weighted by atomic mass is 35.5. The van der Waals surface area contributed by atoms with E-state index in [1.165, 1.54) is 6.07 Å². The number of halogens is 3. The van der Waals surface area contributed by atoms with E-state index >= 15 is 0 Å². The predicted molar refractivity (Wildman–Crippen MR) is 72.2 cm³/mol. The monoisotopic (exact) mass is 286 g/mol. The number of para-hydroxylation sites is 1. The summed E-state index contributed by atoms with van der Waals surface area (Å²) < 4.78 is 15.5. The van der Waals surface area contributed by atoms with Crippen molar-refractivity contribution in [1.29, 1.82) is 0 Å². The van der Waals surface area contributed by atoms with Gasteiger partial charge >= 0.3 is 0 Å². The first-order chi connectivity index (χ1) is 8.56. The minimum Gasteiger partial charge on any atom is -0.233 e. The van der Waals surface area contributed by atoms with Gasteiger partial charge in [0.1, 0.15) is 11.5 Å². The molecule has 0 fully saturated rings. The van der Waals surface area contributed by atoms with Gasteiger partial charge in [0.25, 0.3) is 0 Å². The van der Waals surface area contributed by atoms with E-state index in [2.05, 4.69) is 5.10 Å². The fraction of sp³-hybridized carbons (Fsp3) is 0.308. The van der Waals surface area contributed by atoms with E-state index in [4.69, 9.17) is 23.2 Å². The topological polar surface area (TPSA) is 17.8 Å². The minimum atomic E-state index is -0.395. The lowest BCUT2D eigenvalue weighted by Crippen LogP contribution is -2.07. The number of rotatable bonds is 3. The fourth-order valence-corrected chi connectivity index (χ4v) is 2.43. The number of nitrogens with zero attached hydrogens (tertiary/aromatic N) is 2. The molecule has 5 heteroatoms. The van der Waals surface area contributed by atoms with Gasteiger partial charge in [-0.25, -0.2) is 9.07 Å². The molecule has 96 valence electrons. The Labute approximate surface area is 115 Å². The van der Waals surface area contributed by atoms with E-state index in [9.17, 15) is 4.39 Å². The van der Waals surface area contributed by atoms with Crippen LogP contribution in [0.25, 0.3) is 5.69 Å². The van der Waals surface area contributed by atoms with Crippen molar-refractivity contribution in [2.24, 2.45) is 0 Å². The van der Waals surface area contributed by atoms with E-state index in [1.54, 1.807) is 23.0 Å². The molecule has 0 bridgehead atoms. The van der Waals surface area contributed by atoms with Crippen LogP contribution in [0, 0.1) is 5.82 Å². The summed E-state index contributed by atoms with van der Waals surface area (Å²) in [7, 11) is 0. The lowest BCUT2D eigenvalue weighted by Gasteiger charge is -2.13. The van der Waals surface area contributed by atoms with Crippen molar-refractivity contribution in [2.45, 2.75) is 25.6 Å². The summed E-state index contributed by atoms with van der Waals surface area (Å²) in [5.41, 5.74) is 2.06. The zero-order chi connectivity index (χ0) is 13.3. The first-order valence-electron chi connectivity index (χ1n) is 5.63. The number of aromatic nitrogens is 2. The third-order valence-electron chi connectivity index (χ3n) is 2.73. The van der Waals surface area contributed by atoms with Crippen LogP contribution in [0.1, 0.15) is 31.0 Å². The van der Waals surface area contributed by atoms with Crippen LogP contribution in [0.3, 0.4) is 0 Å². The van der Waals surface area contributed by atoms with Gasteiger partial charge in [-0.1, -0.05) is 31.5 Å². The second-order valence-corrected chi connectivity index (χ2v) is 5.00. The molecule has 2 aromatic rings. The fourth-order valence-electron chi connectivity index (χ4n) is 1.98. The zero-order valence-electron chi connectivity index (χ0n) is 10.1. The summed E-state index contributed by atoms with van der Waals surface area (Å²) in [6, 6.07) is 4.58. The molecule has 1 aromatic heterocycles. The molecule has 0 amide bonds. The molecule has 1 aromatic carbocycles. The first-order valence-corrected chi connectivity index (χ1v) is 6.54. The Bertz CT molecular complexity index is 544. The van der Waals surface area contributed by atoms with Gasteiger partial charge in [0.2, 0.25) is 0 Å². The SMILES string of the molecule is CC(C)c1c(CCl)cnn1-c1c(F)cccc1Cl. The van der Waals surface area contributed by atoms with Crippen LogP contribution >= 0.6 is 23.2 Å². The van der Waals surface area contributed by atoms with Crippen molar-refractivity contribution in [3.05, 3.63) is 46.5 Å². The summed E-state index contributed by atoms with van der Waals surface area (Å²) in [5.74, 6) is 0.130. The Morgan fingerprint density at radius 3 is 2.67 bits per heavy atom. The molecule has 2 rings (SSSR count). The smallest absolute Gasteiger partial charge is 0.150 e. The van der Waals surface area contributed by atoms with Crippen LogP contribution in [-0.4, -0.2) is 9.78 Å². The third kappa shape index (κ3) is 2.25. The summed E-state index contributed by atoms with van der Waals surface area (Å²) >= 11 is 11.9. The molecule has 0 aliphatic rings. The van der Waals surface area contributed by atoms with Crippen LogP contribution in [-0.2, 0) is 5.88 Å². The predicted octanol–water partition coefficient (Wildman–Crippen LogP) is 4.53. The van der Waals surface area contributed by atoms with E-state index < -0.39 is 5.82 Å². The highest BCUT2D eigenvalue weighted by Crippen LogP contribution is 2.29. The van der Waals surface area contributed by atoms with Gasteiger partial charge < -0.3 is 0 Å². The number of benzene rings is 1. The highest BCUT2D eigenvalue weighted by Gasteiger charge is 2.19. The number of hydrogen-bond acceptors (Lipinski definition) is 1. The van der Waals surface area contributed by atoms with Crippen molar-refractivity contribution in [2.75, 3.05) is 0 Å². The van der Waals surface area contributed by atoms with Crippen LogP contribution in [0.5, 0.6) is 0 Å². The molecule has 0 saturated heterocycles. The number of hydrogen-bond donors (Lipinski definition) is 0. The molecule has 2 nitrogen and oxygen atoms in total. The Morgan fingerprint density at radius 1 is 1.39 bits per heavy atom. The number of alkyl halides is 1. The van der Waals surface area contributed by atoms with Crippen LogP contribution in [0.2, 0.25) is 5.02 Å². The van der Waals surface area contributed by atoms with Crippen LogP contribution in [0.15, 0.2) is 24.4 Å². The maximum absolute atomic E-state index is 13.9. The van der Waals surface area contributed by atoms with E-state index in [0.717, 1.165) is 11.3 Å². The van der Waals surface area contributed by atoms with Crippen LogP contribution < -0.4 is 0 Å². The molecule has 0 spiro atoms. The van der Waals surface area contributed by atoms with Gasteiger partial charge in [-0.05, 0) is 18.1 Å². The molecule has 0 unspecified atom stereocenters. The molecular formula is C13H13Cl2FN2. The molecular weight excluding hydrogens is 274 g/mol. The lowest BCUT2D eigenvalue weighted by molar-refractivity contribution is 0.602. The standard InChI is InChI=1S/C13H13Cl2FN2/c1-8(2)12-9(6-14)7-17-18(12)13-10(15)4-3-5-11(13)16/h3-5,7-8H,6H2,1-2H3. The lowest BCUT2D eigenvalue weighted by atomic mass is 10.1. The normalized spacial score (nSPS) is 11.2. The first kappa shape index (κ1) is 13.4. The van der Waals surface area contributed by atoms with Gasteiger partial charge in [-0.15, -0.1) is 11.6 Å². The molecule has 0 atom stereocenters. The maximum Gasteiger partial charge on any atom is 0.150 e. The second kappa shape index (κ2) is 5.29. The van der Waals surface area contributed by atoms with Crippen molar-refractivity contribution < 1.29 is 4.39 Å². The Morgan fingerprint density at radius 2 is 2.11 bits per heavy atom. The van der Waals surface area contributed by atoms with Gasteiger partial charge in [-0.3, -0.25) is 0 Å². The molecule has 1 heterocycles. The molecule has 18 heavy (non-hydrogen) atoms. The maximum atomic E-state index is 13.9. The summed E-state index contributed by atoms with van der Waals surface area (Å²) in [6.07, 6.45) is 1.66. The Kier molecular flexibility index (Phi) is 3.93. The van der Waals surface area contributed by atoms with Crippen molar-refractivity contribution in [3.8, 4) is 5.69 Å². The minimum absolute atomic E-state index is 0.178. The van der Waals surface area contributed by atoms with E-state index in [1.807, 2.05) is 13.8 Å². The summed E-state index contributed by atoms with van der Waals surface area (Å²) in [5, 5.41) is 4.54. The molecule has 0 aliphatic heterocycles. The Balaban J connectivity index is 2.68. The molecule has 0 N–H and O–H groups in total. The average Bonchev–Trinajstić information content (AvgIpc) is 2.72. The van der Waals surface area contributed by atoms with Gasteiger partial charge in [0, 0.05) is 5.56 Å². The van der Waals surface area contributed by atoms with Crippen LogP contribution in [0.4, 0.5) is 4.39 Å². The molecule has 0 aliphatic carbocycles. The third-order valence-corrected chi connectivity index (χ3v) is 3.32. The van der Waals surface area contributed by atoms with E-state index in [0.29, 0.717) is 10.9 Å². The highest BCUT2D eigenvalue weighted by molar-refractivity contribution is 6.32. The van der Waals surface area contributed by atoms with Gasteiger partial charge in [0.15, 0.2) is 0 Å². The second-order valence-electron chi connectivity index (χ2n) is 4.33.